The van der Waals surface area contributed by atoms with Crippen molar-refractivity contribution in [1.29, 1.82) is 0 Å². The average Bonchev–Trinajstić information content (AvgIpc) is 3.18. The molecule has 7 nitrogen and oxygen atoms in total. The van der Waals surface area contributed by atoms with Crippen LogP contribution in [0, 0.1) is 5.82 Å². The second-order valence-electron chi connectivity index (χ2n) is 6.37. The van der Waals surface area contributed by atoms with Gasteiger partial charge in [0.15, 0.2) is 0 Å². The van der Waals surface area contributed by atoms with Gasteiger partial charge < -0.3 is 15.5 Å². The zero-order valence-corrected chi connectivity index (χ0v) is 15.9. The largest absolute Gasteiger partial charge is 0.338 e. The monoisotopic (exact) mass is 391 g/mol. The molecule has 27 heavy (non-hydrogen) atoms. The second-order valence-corrected chi connectivity index (χ2v) is 7.38. The fraction of sp³-hybridized carbons (Fsp3) is 0.444. The van der Waals surface area contributed by atoms with Gasteiger partial charge >= 0.3 is 6.03 Å². The van der Waals surface area contributed by atoms with E-state index in [-0.39, 0.29) is 22.6 Å². The number of para-hydroxylation sites is 1. The molecule has 0 saturated carbocycles. The Labute approximate surface area is 161 Å². The van der Waals surface area contributed by atoms with E-state index >= 15 is 0 Å². The molecule has 1 aromatic carbocycles. The van der Waals surface area contributed by atoms with Gasteiger partial charge in [0.1, 0.15) is 10.8 Å². The van der Waals surface area contributed by atoms with Crippen molar-refractivity contribution in [2.24, 2.45) is 0 Å². The molecule has 3 rings (SSSR count). The fourth-order valence-electron chi connectivity index (χ4n) is 2.90. The molecule has 0 spiro atoms. The van der Waals surface area contributed by atoms with Crippen LogP contribution in [0.4, 0.5) is 14.9 Å². The molecule has 2 heterocycles. The SMILES string of the molecule is CCCNC(=O)N1CCC(c2nnc(C(=O)Nc3ccccc3F)s2)CC1. The lowest BCUT2D eigenvalue weighted by Gasteiger charge is -2.30. The number of nitrogens with one attached hydrogen (secondary N) is 2. The molecule has 1 fully saturated rings. The van der Waals surface area contributed by atoms with Crippen molar-refractivity contribution in [1.82, 2.24) is 20.4 Å². The molecule has 0 unspecified atom stereocenters. The number of aromatic nitrogens is 2. The molecule has 144 valence electrons. The molecule has 0 radical (unpaired) electrons. The summed E-state index contributed by atoms with van der Waals surface area (Å²) in [7, 11) is 0. The highest BCUT2D eigenvalue weighted by Gasteiger charge is 2.27. The maximum absolute atomic E-state index is 13.7. The number of halogens is 1. The van der Waals surface area contributed by atoms with Crippen LogP contribution in [0.15, 0.2) is 24.3 Å². The number of amides is 3. The van der Waals surface area contributed by atoms with Crippen LogP contribution in [0.2, 0.25) is 0 Å². The quantitative estimate of drug-likeness (QED) is 0.819. The van der Waals surface area contributed by atoms with E-state index in [1.807, 2.05) is 6.92 Å². The number of carbonyl (C=O) groups is 2. The molecule has 0 aliphatic carbocycles. The molecule has 0 bridgehead atoms. The molecule has 1 aromatic heterocycles. The van der Waals surface area contributed by atoms with Crippen molar-refractivity contribution in [3.8, 4) is 0 Å². The highest BCUT2D eigenvalue weighted by Crippen LogP contribution is 2.30. The molecule has 9 heteroatoms. The standard InChI is InChI=1S/C18H22FN5O2S/c1-2-9-20-18(26)24-10-7-12(8-11-24)16-22-23-17(27-16)15(25)21-14-6-4-3-5-13(14)19/h3-6,12H,2,7-11H2,1H3,(H,20,26)(H,21,25). The number of urea groups is 1. The van der Waals surface area contributed by atoms with Crippen LogP contribution >= 0.6 is 11.3 Å². The average molecular weight is 391 g/mol. The Morgan fingerprint density at radius 3 is 2.70 bits per heavy atom. The summed E-state index contributed by atoms with van der Waals surface area (Å²) >= 11 is 1.22. The first kappa shape index (κ1) is 19.2. The first-order chi connectivity index (χ1) is 13.1. The summed E-state index contributed by atoms with van der Waals surface area (Å²) in [5.74, 6) is -0.794. The number of rotatable bonds is 5. The van der Waals surface area contributed by atoms with E-state index < -0.39 is 11.7 Å². The number of benzene rings is 1. The molecular weight excluding hydrogens is 369 g/mol. The molecule has 1 aliphatic heterocycles. The van der Waals surface area contributed by atoms with E-state index in [4.69, 9.17) is 0 Å². The summed E-state index contributed by atoms with van der Waals surface area (Å²) in [6, 6.07) is 5.95. The second kappa shape index (κ2) is 8.90. The van der Waals surface area contributed by atoms with Crippen molar-refractivity contribution >= 4 is 29.0 Å². The Kier molecular flexibility index (Phi) is 6.33. The van der Waals surface area contributed by atoms with E-state index in [0.29, 0.717) is 19.6 Å². The minimum atomic E-state index is -0.496. The summed E-state index contributed by atoms with van der Waals surface area (Å²) in [6.45, 7) is 3.99. The highest BCUT2D eigenvalue weighted by molar-refractivity contribution is 7.13. The third-order valence-electron chi connectivity index (χ3n) is 4.41. The fourth-order valence-corrected chi connectivity index (χ4v) is 3.81. The Morgan fingerprint density at radius 1 is 1.26 bits per heavy atom. The number of hydrogen-bond donors (Lipinski definition) is 2. The predicted octanol–water partition coefficient (Wildman–Crippen LogP) is 3.23. The van der Waals surface area contributed by atoms with Crippen LogP contribution in [0.3, 0.4) is 0 Å². The minimum Gasteiger partial charge on any atom is -0.338 e. The predicted molar refractivity (Wildman–Crippen MR) is 101 cm³/mol. The smallest absolute Gasteiger partial charge is 0.317 e. The van der Waals surface area contributed by atoms with E-state index in [2.05, 4.69) is 20.8 Å². The van der Waals surface area contributed by atoms with Gasteiger partial charge in [0.05, 0.1) is 5.69 Å². The van der Waals surface area contributed by atoms with Gasteiger partial charge in [0, 0.05) is 25.6 Å². The van der Waals surface area contributed by atoms with Gasteiger partial charge in [-0.15, -0.1) is 10.2 Å². The van der Waals surface area contributed by atoms with E-state index in [0.717, 1.165) is 24.3 Å². The van der Waals surface area contributed by atoms with Gasteiger partial charge in [-0.25, -0.2) is 9.18 Å². The molecule has 1 aliphatic rings. The summed E-state index contributed by atoms with van der Waals surface area (Å²) in [5, 5.41) is 14.5. The number of nitrogens with zero attached hydrogens (tertiary/aromatic N) is 3. The minimum absolute atomic E-state index is 0.0301. The summed E-state index contributed by atoms with van der Waals surface area (Å²) in [6.07, 6.45) is 2.47. The summed E-state index contributed by atoms with van der Waals surface area (Å²) < 4.78 is 13.7. The number of piperidine rings is 1. The van der Waals surface area contributed by atoms with E-state index in [1.165, 1.54) is 23.5 Å². The summed E-state index contributed by atoms with van der Waals surface area (Å²) in [5.41, 5.74) is 0.116. The van der Waals surface area contributed by atoms with Gasteiger partial charge in [-0.1, -0.05) is 30.4 Å². The normalized spacial score (nSPS) is 14.8. The summed E-state index contributed by atoms with van der Waals surface area (Å²) in [4.78, 5) is 26.1. The zero-order chi connectivity index (χ0) is 19.2. The van der Waals surface area contributed by atoms with Gasteiger partial charge in [0.25, 0.3) is 5.91 Å². The van der Waals surface area contributed by atoms with Gasteiger partial charge in [-0.05, 0) is 31.4 Å². The van der Waals surface area contributed by atoms with Gasteiger partial charge in [-0.3, -0.25) is 4.79 Å². The number of hydrogen-bond acceptors (Lipinski definition) is 5. The maximum Gasteiger partial charge on any atom is 0.317 e. The van der Waals surface area contributed by atoms with Crippen LogP contribution in [0.5, 0.6) is 0 Å². The first-order valence-electron chi connectivity index (χ1n) is 9.00. The van der Waals surface area contributed by atoms with Crippen molar-refractivity contribution in [2.45, 2.75) is 32.1 Å². The van der Waals surface area contributed by atoms with Gasteiger partial charge in [0.2, 0.25) is 5.01 Å². The van der Waals surface area contributed by atoms with Crippen molar-refractivity contribution in [3.63, 3.8) is 0 Å². The Balaban J connectivity index is 1.56. The Hall–Kier alpha value is -2.55. The van der Waals surface area contributed by atoms with Crippen molar-refractivity contribution < 1.29 is 14.0 Å². The Bertz CT molecular complexity index is 805. The number of likely N-dealkylation sites (tertiary alicyclic amines) is 1. The third-order valence-corrected chi connectivity index (χ3v) is 5.50. The topological polar surface area (TPSA) is 87.2 Å². The first-order valence-corrected chi connectivity index (χ1v) is 9.82. The number of carbonyl (C=O) groups excluding carboxylic acids is 2. The van der Waals surface area contributed by atoms with Gasteiger partial charge in [-0.2, -0.15) is 0 Å². The zero-order valence-electron chi connectivity index (χ0n) is 15.1. The maximum atomic E-state index is 13.7. The molecular formula is C18H22FN5O2S. The lowest BCUT2D eigenvalue weighted by molar-refractivity contribution is 0.102. The van der Waals surface area contributed by atoms with Crippen LogP contribution in [-0.2, 0) is 0 Å². The third kappa shape index (κ3) is 4.79. The van der Waals surface area contributed by atoms with Crippen LogP contribution in [0.25, 0.3) is 0 Å². The van der Waals surface area contributed by atoms with Crippen LogP contribution in [0.1, 0.15) is 46.9 Å². The Morgan fingerprint density at radius 2 is 2.00 bits per heavy atom. The molecule has 3 amide bonds. The van der Waals surface area contributed by atoms with Crippen molar-refractivity contribution in [3.05, 3.63) is 40.1 Å². The number of anilines is 1. The molecule has 2 aromatic rings. The highest BCUT2D eigenvalue weighted by atomic mass is 32.1. The lowest BCUT2D eigenvalue weighted by Crippen LogP contribution is -2.44. The van der Waals surface area contributed by atoms with Crippen LogP contribution in [-0.4, -0.2) is 46.7 Å². The molecule has 0 atom stereocenters. The molecule has 1 saturated heterocycles. The van der Waals surface area contributed by atoms with Crippen molar-refractivity contribution in [2.75, 3.05) is 25.0 Å². The lowest BCUT2D eigenvalue weighted by atomic mass is 9.98. The molecule has 2 N–H and O–H groups in total. The van der Waals surface area contributed by atoms with E-state index in [9.17, 15) is 14.0 Å². The van der Waals surface area contributed by atoms with Crippen LogP contribution < -0.4 is 10.6 Å². The van der Waals surface area contributed by atoms with E-state index in [1.54, 1.807) is 17.0 Å².